The molecule has 2 saturated carbocycles. The molecule has 128 valence electrons. The molecule has 0 saturated heterocycles. The van der Waals surface area contributed by atoms with Crippen molar-refractivity contribution in [3.05, 3.63) is 0 Å². The zero-order valence-electron chi connectivity index (χ0n) is 13.9. The average molecular weight is 312 g/mol. The standard InChI is InChI=1S/C17H32N2O3/c1-2-12-22-17(10-4-3-5-11-17)13-18-16(21)19-14-6-8-15(20)9-7-14/h14-15,20H,2-13H2,1H3,(H2,18,19,21). The Morgan fingerprint density at radius 2 is 1.86 bits per heavy atom. The number of urea groups is 1. The lowest BCUT2D eigenvalue weighted by molar-refractivity contribution is -0.0664. The number of rotatable bonds is 6. The topological polar surface area (TPSA) is 70.6 Å². The Hall–Kier alpha value is -0.810. The fraction of sp³-hybridized carbons (Fsp3) is 0.941. The van der Waals surface area contributed by atoms with Crippen molar-refractivity contribution in [2.24, 2.45) is 0 Å². The highest BCUT2D eigenvalue weighted by Gasteiger charge is 2.33. The Kier molecular flexibility index (Phi) is 6.96. The van der Waals surface area contributed by atoms with Crippen LogP contribution in [-0.4, -0.2) is 42.0 Å². The van der Waals surface area contributed by atoms with Crippen LogP contribution in [0.4, 0.5) is 4.79 Å². The van der Waals surface area contributed by atoms with E-state index in [1.165, 1.54) is 19.3 Å². The van der Waals surface area contributed by atoms with Crippen molar-refractivity contribution in [2.75, 3.05) is 13.2 Å². The summed E-state index contributed by atoms with van der Waals surface area (Å²) in [4.78, 5) is 12.1. The summed E-state index contributed by atoms with van der Waals surface area (Å²) in [5.74, 6) is 0. The maximum absolute atomic E-state index is 12.1. The SMILES string of the molecule is CCCOC1(CNC(=O)NC2CCC(O)CC2)CCCCC1. The molecule has 2 amide bonds. The number of amides is 2. The largest absolute Gasteiger partial charge is 0.393 e. The molecule has 0 aromatic carbocycles. The van der Waals surface area contributed by atoms with E-state index in [-0.39, 0.29) is 23.8 Å². The fourth-order valence-corrected chi connectivity index (χ4v) is 3.58. The Morgan fingerprint density at radius 1 is 1.18 bits per heavy atom. The molecule has 3 N–H and O–H groups in total. The van der Waals surface area contributed by atoms with E-state index in [1.54, 1.807) is 0 Å². The molecule has 0 atom stereocenters. The number of ether oxygens (including phenoxy) is 1. The quantitative estimate of drug-likeness (QED) is 0.706. The number of nitrogens with one attached hydrogen (secondary N) is 2. The first-order valence-corrected chi connectivity index (χ1v) is 9.00. The minimum Gasteiger partial charge on any atom is -0.393 e. The number of hydrogen-bond acceptors (Lipinski definition) is 3. The van der Waals surface area contributed by atoms with Gasteiger partial charge in [0.1, 0.15) is 0 Å². The van der Waals surface area contributed by atoms with Crippen LogP contribution in [0.25, 0.3) is 0 Å². The monoisotopic (exact) mass is 312 g/mol. The summed E-state index contributed by atoms with van der Waals surface area (Å²) in [6.45, 7) is 3.49. The molecule has 0 bridgehead atoms. The normalized spacial score (nSPS) is 28.1. The van der Waals surface area contributed by atoms with Crippen LogP contribution in [0.1, 0.15) is 71.1 Å². The Bertz CT molecular complexity index is 335. The molecule has 0 spiro atoms. The summed E-state index contributed by atoms with van der Waals surface area (Å²) in [6.07, 6.45) is 9.87. The number of hydrogen-bond donors (Lipinski definition) is 3. The second-order valence-electron chi connectivity index (χ2n) is 6.92. The lowest BCUT2D eigenvalue weighted by Crippen LogP contribution is -2.51. The second-order valence-corrected chi connectivity index (χ2v) is 6.92. The van der Waals surface area contributed by atoms with Crippen LogP contribution in [0.3, 0.4) is 0 Å². The van der Waals surface area contributed by atoms with E-state index >= 15 is 0 Å². The number of carbonyl (C=O) groups is 1. The highest BCUT2D eigenvalue weighted by atomic mass is 16.5. The van der Waals surface area contributed by atoms with Gasteiger partial charge in [0.2, 0.25) is 0 Å². The van der Waals surface area contributed by atoms with Crippen LogP contribution in [0.2, 0.25) is 0 Å². The predicted molar refractivity (Wildman–Crippen MR) is 86.9 cm³/mol. The molecule has 0 radical (unpaired) electrons. The van der Waals surface area contributed by atoms with Gasteiger partial charge >= 0.3 is 6.03 Å². The van der Waals surface area contributed by atoms with Crippen molar-refractivity contribution < 1.29 is 14.6 Å². The summed E-state index contributed by atoms with van der Waals surface area (Å²) < 4.78 is 6.10. The molecular formula is C17H32N2O3. The van der Waals surface area contributed by atoms with Gasteiger partial charge in [-0.15, -0.1) is 0 Å². The van der Waals surface area contributed by atoms with E-state index < -0.39 is 0 Å². The number of aliphatic hydroxyl groups is 1. The maximum Gasteiger partial charge on any atom is 0.315 e. The molecule has 0 unspecified atom stereocenters. The van der Waals surface area contributed by atoms with Gasteiger partial charge in [-0.1, -0.05) is 26.2 Å². The van der Waals surface area contributed by atoms with Crippen LogP contribution in [0.15, 0.2) is 0 Å². The first kappa shape index (κ1) is 17.5. The lowest BCUT2D eigenvalue weighted by atomic mass is 9.84. The Morgan fingerprint density at radius 3 is 2.50 bits per heavy atom. The number of aliphatic hydroxyl groups excluding tert-OH is 1. The van der Waals surface area contributed by atoms with Gasteiger partial charge in [-0.3, -0.25) is 0 Å². The molecule has 5 heteroatoms. The molecule has 2 fully saturated rings. The third-order valence-corrected chi connectivity index (χ3v) is 4.98. The summed E-state index contributed by atoms with van der Waals surface area (Å²) >= 11 is 0. The van der Waals surface area contributed by atoms with Crippen molar-refractivity contribution in [3.63, 3.8) is 0 Å². The summed E-state index contributed by atoms with van der Waals surface area (Å²) in [5, 5.41) is 15.6. The van der Waals surface area contributed by atoms with Gasteiger partial charge in [0, 0.05) is 19.2 Å². The van der Waals surface area contributed by atoms with Gasteiger partial charge in [0.25, 0.3) is 0 Å². The van der Waals surface area contributed by atoms with Gasteiger partial charge in [0.05, 0.1) is 11.7 Å². The van der Waals surface area contributed by atoms with Crippen LogP contribution < -0.4 is 10.6 Å². The van der Waals surface area contributed by atoms with Gasteiger partial charge in [-0.05, 0) is 44.9 Å². The highest BCUT2D eigenvalue weighted by Crippen LogP contribution is 2.31. The van der Waals surface area contributed by atoms with Gasteiger partial charge < -0.3 is 20.5 Å². The molecule has 2 rings (SSSR count). The van der Waals surface area contributed by atoms with Crippen molar-refractivity contribution in [1.82, 2.24) is 10.6 Å². The minimum absolute atomic E-state index is 0.0913. The van der Waals surface area contributed by atoms with Crippen LogP contribution in [0.5, 0.6) is 0 Å². The fourth-order valence-electron chi connectivity index (χ4n) is 3.58. The molecule has 0 heterocycles. The first-order valence-electron chi connectivity index (χ1n) is 9.00. The Labute approximate surface area is 134 Å². The van der Waals surface area contributed by atoms with Gasteiger partial charge in [-0.25, -0.2) is 4.79 Å². The molecule has 5 nitrogen and oxygen atoms in total. The zero-order valence-corrected chi connectivity index (χ0v) is 13.9. The van der Waals surface area contributed by atoms with Crippen molar-refractivity contribution >= 4 is 6.03 Å². The molecule has 2 aliphatic rings. The molecular weight excluding hydrogens is 280 g/mol. The van der Waals surface area contributed by atoms with E-state index in [4.69, 9.17) is 4.74 Å². The maximum atomic E-state index is 12.1. The summed E-state index contributed by atoms with van der Waals surface area (Å²) in [5.41, 5.74) is -0.158. The summed E-state index contributed by atoms with van der Waals surface area (Å²) in [7, 11) is 0. The molecule has 0 aromatic heterocycles. The van der Waals surface area contributed by atoms with E-state index in [2.05, 4.69) is 17.6 Å². The lowest BCUT2D eigenvalue weighted by Gasteiger charge is -2.37. The highest BCUT2D eigenvalue weighted by molar-refractivity contribution is 5.74. The predicted octanol–water partition coefficient (Wildman–Crippen LogP) is 2.72. The zero-order chi connectivity index (χ0) is 15.8. The van der Waals surface area contributed by atoms with Crippen molar-refractivity contribution in [3.8, 4) is 0 Å². The summed E-state index contributed by atoms with van der Waals surface area (Å²) in [6, 6.07) is 0.105. The molecule has 0 aromatic rings. The van der Waals surface area contributed by atoms with E-state index in [9.17, 15) is 9.90 Å². The van der Waals surface area contributed by atoms with E-state index in [1.807, 2.05) is 0 Å². The van der Waals surface area contributed by atoms with Gasteiger partial charge in [0.15, 0.2) is 0 Å². The first-order chi connectivity index (χ1) is 10.6. The third kappa shape index (κ3) is 5.43. The van der Waals surface area contributed by atoms with Crippen LogP contribution in [-0.2, 0) is 4.74 Å². The number of carbonyl (C=O) groups excluding carboxylic acids is 1. The molecule has 0 aliphatic heterocycles. The van der Waals surface area contributed by atoms with Crippen LogP contribution in [0, 0.1) is 0 Å². The van der Waals surface area contributed by atoms with Crippen molar-refractivity contribution in [2.45, 2.75) is 88.9 Å². The van der Waals surface area contributed by atoms with Crippen molar-refractivity contribution in [1.29, 1.82) is 0 Å². The van der Waals surface area contributed by atoms with Crippen LogP contribution >= 0.6 is 0 Å². The minimum atomic E-state index is -0.186. The Balaban J connectivity index is 1.74. The van der Waals surface area contributed by atoms with Gasteiger partial charge in [-0.2, -0.15) is 0 Å². The van der Waals surface area contributed by atoms with E-state index in [0.29, 0.717) is 6.54 Å². The third-order valence-electron chi connectivity index (χ3n) is 4.98. The van der Waals surface area contributed by atoms with E-state index in [0.717, 1.165) is 51.6 Å². The molecule has 2 aliphatic carbocycles. The molecule has 22 heavy (non-hydrogen) atoms. The smallest absolute Gasteiger partial charge is 0.315 e. The average Bonchev–Trinajstić information content (AvgIpc) is 2.54. The second kappa shape index (κ2) is 8.73.